The molecule has 0 spiro atoms. The topological polar surface area (TPSA) is 84.9 Å². The summed E-state index contributed by atoms with van der Waals surface area (Å²) in [6.07, 6.45) is 3.38. The third-order valence-corrected chi connectivity index (χ3v) is 7.00. The van der Waals surface area contributed by atoms with Crippen molar-refractivity contribution in [3.63, 3.8) is 0 Å². The SMILES string of the molecule is O=C(Nc1ccc2c(c1)OCCCO2)C1CCN(S(=O)(=O)C=Cc2ccccc2)CC1. The van der Waals surface area contributed by atoms with Crippen LogP contribution in [0.15, 0.2) is 53.9 Å². The van der Waals surface area contributed by atoms with Gasteiger partial charge in [0.1, 0.15) is 0 Å². The van der Waals surface area contributed by atoms with Gasteiger partial charge in [0.15, 0.2) is 11.5 Å². The van der Waals surface area contributed by atoms with Gasteiger partial charge in [0.25, 0.3) is 0 Å². The Morgan fingerprint density at radius 3 is 2.45 bits per heavy atom. The zero-order chi connectivity index (χ0) is 21.7. The van der Waals surface area contributed by atoms with Crippen LogP contribution in [0.5, 0.6) is 11.5 Å². The Bertz CT molecular complexity index is 1040. The molecule has 4 rings (SSSR count). The molecule has 0 aliphatic carbocycles. The summed E-state index contributed by atoms with van der Waals surface area (Å²) in [4.78, 5) is 12.7. The monoisotopic (exact) mass is 442 g/mol. The molecule has 164 valence electrons. The van der Waals surface area contributed by atoms with E-state index in [4.69, 9.17) is 9.47 Å². The molecule has 8 heteroatoms. The average Bonchev–Trinajstić information content (AvgIpc) is 3.04. The van der Waals surface area contributed by atoms with Crippen LogP contribution in [0.4, 0.5) is 5.69 Å². The number of carbonyl (C=O) groups is 1. The Hall–Kier alpha value is -2.84. The summed E-state index contributed by atoms with van der Waals surface area (Å²) in [5.74, 6) is 0.964. The molecule has 2 aliphatic heterocycles. The number of carbonyl (C=O) groups excluding carboxylic acids is 1. The summed E-state index contributed by atoms with van der Waals surface area (Å²) >= 11 is 0. The minimum atomic E-state index is -3.51. The van der Waals surface area contributed by atoms with E-state index >= 15 is 0 Å². The van der Waals surface area contributed by atoms with Crippen LogP contribution in [0, 0.1) is 5.92 Å². The first-order valence-corrected chi connectivity index (χ1v) is 12.0. The van der Waals surface area contributed by atoms with E-state index in [2.05, 4.69) is 5.32 Å². The first-order chi connectivity index (χ1) is 15.0. The van der Waals surface area contributed by atoms with E-state index in [1.165, 1.54) is 9.71 Å². The molecular formula is C23H26N2O5S. The number of benzene rings is 2. The quantitative estimate of drug-likeness (QED) is 0.766. The highest BCUT2D eigenvalue weighted by atomic mass is 32.2. The van der Waals surface area contributed by atoms with Crippen molar-refractivity contribution in [2.45, 2.75) is 19.3 Å². The van der Waals surface area contributed by atoms with Gasteiger partial charge >= 0.3 is 0 Å². The lowest BCUT2D eigenvalue weighted by Crippen LogP contribution is -2.40. The van der Waals surface area contributed by atoms with Crippen molar-refractivity contribution < 1.29 is 22.7 Å². The minimum absolute atomic E-state index is 0.105. The van der Waals surface area contributed by atoms with Crippen molar-refractivity contribution in [3.8, 4) is 11.5 Å². The van der Waals surface area contributed by atoms with Gasteiger partial charge in [0.2, 0.25) is 15.9 Å². The lowest BCUT2D eigenvalue weighted by molar-refractivity contribution is -0.120. The molecule has 0 saturated carbocycles. The number of nitrogens with one attached hydrogen (secondary N) is 1. The molecule has 2 aliphatic rings. The van der Waals surface area contributed by atoms with Gasteiger partial charge in [-0.05, 0) is 36.6 Å². The molecule has 2 aromatic rings. The van der Waals surface area contributed by atoms with Crippen molar-refractivity contribution in [3.05, 3.63) is 59.5 Å². The molecule has 0 atom stereocenters. The van der Waals surface area contributed by atoms with Crippen molar-refractivity contribution in [2.24, 2.45) is 5.92 Å². The van der Waals surface area contributed by atoms with E-state index in [1.54, 1.807) is 24.3 Å². The number of hydrogen-bond acceptors (Lipinski definition) is 5. The van der Waals surface area contributed by atoms with E-state index in [1.807, 2.05) is 30.3 Å². The lowest BCUT2D eigenvalue weighted by Gasteiger charge is -2.29. The predicted molar refractivity (Wildman–Crippen MR) is 119 cm³/mol. The van der Waals surface area contributed by atoms with Crippen molar-refractivity contribution in [1.82, 2.24) is 4.31 Å². The smallest absolute Gasteiger partial charge is 0.236 e. The third-order valence-electron chi connectivity index (χ3n) is 5.43. The van der Waals surface area contributed by atoms with Gasteiger partial charge in [-0.25, -0.2) is 8.42 Å². The first-order valence-electron chi connectivity index (χ1n) is 10.4. The van der Waals surface area contributed by atoms with E-state index in [9.17, 15) is 13.2 Å². The molecule has 31 heavy (non-hydrogen) atoms. The maximum absolute atomic E-state index is 12.7. The van der Waals surface area contributed by atoms with Crippen LogP contribution in [-0.2, 0) is 14.8 Å². The van der Waals surface area contributed by atoms with Crippen LogP contribution >= 0.6 is 0 Å². The number of anilines is 1. The Balaban J connectivity index is 1.32. The maximum Gasteiger partial charge on any atom is 0.236 e. The van der Waals surface area contributed by atoms with Gasteiger partial charge in [-0.2, -0.15) is 4.31 Å². The largest absolute Gasteiger partial charge is 0.490 e. The number of nitrogens with zero attached hydrogens (tertiary/aromatic N) is 1. The molecule has 2 heterocycles. The fourth-order valence-electron chi connectivity index (χ4n) is 3.67. The van der Waals surface area contributed by atoms with Crippen LogP contribution in [-0.4, -0.2) is 44.9 Å². The second kappa shape index (κ2) is 9.53. The molecule has 0 unspecified atom stereocenters. The molecule has 1 saturated heterocycles. The fourth-order valence-corrected chi connectivity index (χ4v) is 4.89. The number of hydrogen-bond donors (Lipinski definition) is 1. The van der Waals surface area contributed by atoms with Gasteiger partial charge in [0.05, 0.1) is 13.2 Å². The van der Waals surface area contributed by atoms with Gasteiger partial charge < -0.3 is 14.8 Å². The zero-order valence-electron chi connectivity index (χ0n) is 17.2. The number of fused-ring (bicyclic) bond motifs is 1. The first kappa shape index (κ1) is 21.4. The molecule has 1 N–H and O–H groups in total. The van der Waals surface area contributed by atoms with Crippen LogP contribution in [0.25, 0.3) is 6.08 Å². The van der Waals surface area contributed by atoms with Gasteiger partial charge in [-0.15, -0.1) is 0 Å². The van der Waals surface area contributed by atoms with Crippen LogP contribution in [0.2, 0.25) is 0 Å². The predicted octanol–water partition coefficient (Wildman–Crippen LogP) is 3.50. The Labute approximate surface area is 182 Å². The molecular weight excluding hydrogens is 416 g/mol. The van der Waals surface area contributed by atoms with E-state index < -0.39 is 10.0 Å². The van der Waals surface area contributed by atoms with E-state index in [0.717, 1.165) is 12.0 Å². The van der Waals surface area contributed by atoms with E-state index in [-0.39, 0.29) is 11.8 Å². The molecule has 1 amide bonds. The average molecular weight is 443 g/mol. The molecule has 2 aromatic carbocycles. The summed E-state index contributed by atoms with van der Waals surface area (Å²) in [5.41, 5.74) is 1.48. The van der Waals surface area contributed by atoms with Crippen LogP contribution in [0.3, 0.4) is 0 Å². The second-order valence-corrected chi connectivity index (χ2v) is 9.45. The maximum atomic E-state index is 12.7. The van der Waals surface area contributed by atoms with Crippen molar-refractivity contribution >= 4 is 27.7 Å². The third kappa shape index (κ3) is 5.45. The summed E-state index contributed by atoms with van der Waals surface area (Å²) in [7, 11) is -3.51. The normalized spacial score (nSPS) is 17.9. The molecule has 0 radical (unpaired) electrons. The Kier molecular flexibility index (Phi) is 6.58. The highest BCUT2D eigenvalue weighted by Crippen LogP contribution is 2.32. The molecule has 7 nitrogen and oxygen atoms in total. The fraction of sp³-hybridized carbons (Fsp3) is 0.348. The summed E-state index contributed by atoms with van der Waals surface area (Å²) in [6, 6.07) is 14.7. The minimum Gasteiger partial charge on any atom is -0.490 e. The van der Waals surface area contributed by atoms with Crippen molar-refractivity contribution in [1.29, 1.82) is 0 Å². The molecule has 1 fully saturated rings. The highest BCUT2D eigenvalue weighted by molar-refractivity contribution is 7.92. The zero-order valence-corrected chi connectivity index (χ0v) is 18.0. The molecule has 0 bridgehead atoms. The molecule has 0 aromatic heterocycles. The van der Waals surface area contributed by atoms with Crippen LogP contribution < -0.4 is 14.8 Å². The Morgan fingerprint density at radius 2 is 1.71 bits per heavy atom. The van der Waals surface area contributed by atoms with Gasteiger partial charge in [-0.1, -0.05) is 30.3 Å². The number of sulfonamides is 1. The number of ether oxygens (including phenoxy) is 2. The van der Waals surface area contributed by atoms with Gasteiger partial charge in [0, 0.05) is 42.6 Å². The van der Waals surface area contributed by atoms with Gasteiger partial charge in [-0.3, -0.25) is 4.79 Å². The van der Waals surface area contributed by atoms with Crippen LogP contribution in [0.1, 0.15) is 24.8 Å². The lowest BCUT2D eigenvalue weighted by atomic mass is 9.97. The summed E-state index contributed by atoms with van der Waals surface area (Å²) in [6.45, 7) is 1.83. The summed E-state index contributed by atoms with van der Waals surface area (Å²) < 4.78 is 37.9. The summed E-state index contributed by atoms with van der Waals surface area (Å²) in [5, 5.41) is 4.16. The van der Waals surface area contributed by atoms with Crippen molar-refractivity contribution in [2.75, 3.05) is 31.6 Å². The van der Waals surface area contributed by atoms with E-state index in [0.29, 0.717) is 56.3 Å². The second-order valence-electron chi connectivity index (χ2n) is 7.63. The highest BCUT2D eigenvalue weighted by Gasteiger charge is 2.30. The Morgan fingerprint density at radius 1 is 1.00 bits per heavy atom. The standard InChI is InChI=1S/C23H26N2O5S/c26-23(24-20-7-8-21-22(17-20)30-15-4-14-29-21)19-9-12-25(13-10-19)31(27,28)16-11-18-5-2-1-3-6-18/h1-3,5-8,11,16-17,19H,4,9-10,12-15H2,(H,24,26). The number of piperidine rings is 1. The number of amides is 1. The number of rotatable bonds is 5.